The van der Waals surface area contributed by atoms with Crippen LogP contribution in [0, 0.1) is 5.92 Å². The first kappa shape index (κ1) is 15.3. The number of nitrogens with zero attached hydrogens (tertiary/aromatic N) is 1. The average Bonchev–Trinajstić information content (AvgIpc) is 2.73. The van der Waals surface area contributed by atoms with E-state index in [0.29, 0.717) is 11.9 Å². The van der Waals surface area contributed by atoms with E-state index >= 15 is 0 Å². The van der Waals surface area contributed by atoms with E-state index in [1.165, 1.54) is 30.4 Å². The molecule has 0 radical (unpaired) electrons. The van der Waals surface area contributed by atoms with Crippen molar-refractivity contribution in [1.82, 2.24) is 0 Å². The summed E-state index contributed by atoms with van der Waals surface area (Å²) < 4.78 is 0. The van der Waals surface area contributed by atoms with Crippen LogP contribution in [0.3, 0.4) is 0 Å². The number of halogens is 1. The predicted octanol–water partition coefficient (Wildman–Crippen LogP) is 3.18. The standard InChI is InChI=1S/C14H21N3.HI/c1-10(2)9-16-14(15)17-13-7-6-11-4-3-5-12(11)8-13;/h6-8,10H,3-5,9H2,1-2H3,(H3,15,16,17);1H. The van der Waals surface area contributed by atoms with Crippen molar-refractivity contribution >= 4 is 35.6 Å². The lowest BCUT2D eigenvalue weighted by Gasteiger charge is -2.08. The molecular formula is C14H22IN3. The second-order valence-electron chi connectivity index (χ2n) is 5.08. The number of nitrogens with one attached hydrogen (secondary N) is 1. The summed E-state index contributed by atoms with van der Waals surface area (Å²) in [5.74, 6) is 1.05. The molecule has 0 aromatic heterocycles. The Kier molecular flexibility index (Phi) is 5.91. The molecule has 3 nitrogen and oxygen atoms in total. The van der Waals surface area contributed by atoms with Crippen LogP contribution < -0.4 is 11.1 Å². The molecule has 18 heavy (non-hydrogen) atoms. The van der Waals surface area contributed by atoms with Crippen molar-refractivity contribution in [3.05, 3.63) is 29.3 Å². The Bertz CT molecular complexity index is 427. The molecule has 1 aliphatic carbocycles. The van der Waals surface area contributed by atoms with Crippen LogP contribution in [0.1, 0.15) is 31.4 Å². The van der Waals surface area contributed by atoms with Gasteiger partial charge in [0.25, 0.3) is 0 Å². The van der Waals surface area contributed by atoms with Crippen LogP contribution in [-0.4, -0.2) is 12.5 Å². The van der Waals surface area contributed by atoms with E-state index in [2.05, 4.69) is 42.4 Å². The number of benzene rings is 1. The summed E-state index contributed by atoms with van der Waals surface area (Å²) in [5, 5.41) is 3.15. The summed E-state index contributed by atoms with van der Waals surface area (Å²) in [6, 6.07) is 6.47. The largest absolute Gasteiger partial charge is 0.370 e. The lowest BCUT2D eigenvalue weighted by molar-refractivity contribution is 0.665. The van der Waals surface area contributed by atoms with Gasteiger partial charge in [0.05, 0.1) is 0 Å². The van der Waals surface area contributed by atoms with Gasteiger partial charge in [-0.05, 0) is 48.4 Å². The van der Waals surface area contributed by atoms with Crippen molar-refractivity contribution in [2.24, 2.45) is 16.6 Å². The number of fused-ring (bicyclic) bond motifs is 1. The van der Waals surface area contributed by atoms with E-state index in [0.717, 1.165) is 12.2 Å². The number of rotatable bonds is 3. The Balaban J connectivity index is 0.00000162. The monoisotopic (exact) mass is 359 g/mol. The molecule has 1 aliphatic rings. The molecule has 0 aliphatic heterocycles. The second kappa shape index (κ2) is 6.97. The zero-order valence-corrected chi connectivity index (χ0v) is 13.4. The van der Waals surface area contributed by atoms with Crippen molar-refractivity contribution in [3.8, 4) is 0 Å². The summed E-state index contributed by atoms with van der Waals surface area (Å²) >= 11 is 0. The maximum atomic E-state index is 5.84. The number of aliphatic imine (C=N–C) groups is 1. The van der Waals surface area contributed by atoms with Gasteiger partial charge in [-0.15, -0.1) is 24.0 Å². The van der Waals surface area contributed by atoms with Gasteiger partial charge in [-0.3, -0.25) is 4.99 Å². The molecule has 1 aromatic rings. The van der Waals surface area contributed by atoms with Gasteiger partial charge in [0.15, 0.2) is 5.96 Å². The highest BCUT2D eigenvalue weighted by Gasteiger charge is 2.10. The highest BCUT2D eigenvalue weighted by atomic mass is 127. The van der Waals surface area contributed by atoms with Crippen LogP contribution >= 0.6 is 24.0 Å². The van der Waals surface area contributed by atoms with Crippen molar-refractivity contribution < 1.29 is 0 Å². The van der Waals surface area contributed by atoms with E-state index in [1.807, 2.05) is 0 Å². The van der Waals surface area contributed by atoms with E-state index in [9.17, 15) is 0 Å². The number of hydrogen-bond donors (Lipinski definition) is 2. The Morgan fingerprint density at radius 2 is 2.06 bits per heavy atom. The van der Waals surface area contributed by atoms with Crippen molar-refractivity contribution in [1.29, 1.82) is 0 Å². The third kappa shape index (κ3) is 4.15. The summed E-state index contributed by atoms with van der Waals surface area (Å²) in [6.07, 6.45) is 3.68. The Morgan fingerprint density at radius 1 is 1.33 bits per heavy atom. The number of hydrogen-bond acceptors (Lipinski definition) is 1. The van der Waals surface area contributed by atoms with Gasteiger partial charge in [0.1, 0.15) is 0 Å². The Labute approximate surface area is 126 Å². The molecule has 0 saturated carbocycles. The van der Waals surface area contributed by atoms with E-state index in [4.69, 9.17) is 5.73 Å². The van der Waals surface area contributed by atoms with Crippen molar-refractivity contribution in [2.45, 2.75) is 33.1 Å². The molecule has 0 spiro atoms. The third-order valence-electron chi connectivity index (χ3n) is 3.00. The number of anilines is 1. The minimum absolute atomic E-state index is 0. The van der Waals surface area contributed by atoms with Gasteiger partial charge < -0.3 is 11.1 Å². The SMILES string of the molecule is CC(C)CN=C(N)Nc1ccc2c(c1)CCC2.I. The molecule has 100 valence electrons. The minimum Gasteiger partial charge on any atom is -0.370 e. The molecule has 2 rings (SSSR count). The van der Waals surface area contributed by atoms with E-state index in [1.54, 1.807) is 0 Å². The minimum atomic E-state index is 0. The molecule has 0 saturated heterocycles. The van der Waals surface area contributed by atoms with Gasteiger partial charge in [0, 0.05) is 12.2 Å². The quantitative estimate of drug-likeness (QED) is 0.495. The fourth-order valence-corrected chi connectivity index (χ4v) is 2.12. The Morgan fingerprint density at radius 3 is 2.78 bits per heavy atom. The first-order chi connectivity index (χ1) is 8.15. The van der Waals surface area contributed by atoms with Crippen LogP contribution in [-0.2, 0) is 12.8 Å². The molecule has 4 heteroatoms. The van der Waals surface area contributed by atoms with E-state index < -0.39 is 0 Å². The van der Waals surface area contributed by atoms with Crippen LogP contribution in [0.15, 0.2) is 23.2 Å². The summed E-state index contributed by atoms with van der Waals surface area (Å²) in [4.78, 5) is 4.30. The van der Waals surface area contributed by atoms with E-state index in [-0.39, 0.29) is 24.0 Å². The maximum absolute atomic E-state index is 5.84. The Hall–Kier alpha value is -0.780. The average molecular weight is 359 g/mol. The molecule has 3 N–H and O–H groups in total. The molecule has 0 amide bonds. The summed E-state index contributed by atoms with van der Waals surface area (Å²) in [7, 11) is 0. The van der Waals surface area contributed by atoms with Gasteiger partial charge in [-0.1, -0.05) is 19.9 Å². The second-order valence-corrected chi connectivity index (χ2v) is 5.08. The molecule has 0 atom stereocenters. The molecule has 0 unspecified atom stereocenters. The zero-order chi connectivity index (χ0) is 12.3. The summed E-state index contributed by atoms with van der Waals surface area (Å²) in [5.41, 5.74) is 9.82. The lowest BCUT2D eigenvalue weighted by atomic mass is 10.1. The first-order valence-electron chi connectivity index (χ1n) is 6.34. The third-order valence-corrected chi connectivity index (χ3v) is 3.00. The first-order valence-corrected chi connectivity index (χ1v) is 6.34. The fraction of sp³-hybridized carbons (Fsp3) is 0.500. The molecule has 0 fully saturated rings. The molecular weight excluding hydrogens is 337 g/mol. The molecule has 0 bridgehead atoms. The van der Waals surface area contributed by atoms with Gasteiger partial charge in [-0.25, -0.2) is 0 Å². The highest BCUT2D eigenvalue weighted by Crippen LogP contribution is 2.24. The van der Waals surface area contributed by atoms with Crippen LogP contribution in [0.5, 0.6) is 0 Å². The zero-order valence-electron chi connectivity index (χ0n) is 11.1. The lowest BCUT2D eigenvalue weighted by Crippen LogP contribution is -2.23. The van der Waals surface area contributed by atoms with Crippen LogP contribution in [0.25, 0.3) is 0 Å². The molecule has 1 aromatic carbocycles. The number of guanidine groups is 1. The van der Waals surface area contributed by atoms with Gasteiger partial charge >= 0.3 is 0 Å². The van der Waals surface area contributed by atoms with Crippen LogP contribution in [0.4, 0.5) is 5.69 Å². The topological polar surface area (TPSA) is 50.4 Å². The fourth-order valence-electron chi connectivity index (χ4n) is 2.12. The van der Waals surface area contributed by atoms with Crippen molar-refractivity contribution in [2.75, 3.05) is 11.9 Å². The van der Waals surface area contributed by atoms with Gasteiger partial charge in [0.2, 0.25) is 0 Å². The van der Waals surface area contributed by atoms with Crippen LogP contribution in [0.2, 0.25) is 0 Å². The number of nitrogens with two attached hydrogens (primary N) is 1. The number of aryl methyl sites for hydroxylation is 2. The van der Waals surface area contributed by atoms with Crippen molar-refractivity contribution in [3.63, 3.8) is 0 Å². The molecule has 0 heterocycles. The maximum Gasteiger partial charge on any atom is 0.193 e. The highest BCUT2D eigenvalue weighted by molar-refractivity contribution is 14.0. The normalized spacial score (nSPS) is 14.3. The summed E-state index contributed by atoms with van der Waals surface area (Å²) in [6.45, 7) is 5.03. The predicted molar refractivity (Wildman–Crippen MR) is 88.8 cm³/mol. The smallest absolute Gasteiger partial charge is 0.193 e. The van der Waals surface area contributed by atoms with Gasteiger partial charge in [-0.2, -0.15) is 0 Å².